The van der Waals surface area contributed by atoms with Crippen molar-refractivity contribution in [2.75, 3.05) is 25.5 Å². The predicted octanol–water partition coefficient (Wildman–Crippen LogP) is 1.39. The number of carbonyl (C=O) groups excluding carboxylic acids is 2. The second kappa shape index (κ2) is 6.36. The van der Waals surface area contributed by atoms with Gasteiger partial charge in [0.05, 0.1) is 19.3 Å². The first-order valence-electron chi connectivity index (χ1n) is 5.27. The van der Waals surface area contributed by atoms with Gasteiger partial charge in [0.1, 0.15) is 4.88 Å². The van der Waals surface area contributed by atoms with Crippen LogP contribution in [0.1, 0.15) is 22.2 Å². The summed E-state index contributed by atoms with van der Waals surface area (Å²) in [5.74, 6) is -0.597. The third-order valence-electron chi connectivity index (χ3n) is 2.15. The molecule has 94 valence electrons. The fourth-order valence-corrected chi connectivity index (χ4v) is 2.19. The normalized spacial score (nSPS) is 10.1. The maximum absolute atomic E-state index is 11.6. The summed E-state index contributed by atoms with van der Waals surface area (Å²) >= 11 is 1.27. The van der Waals surface area contributed by atoms with Gasteiger partial charge in [0.15, 0.2) is 0 Å². The molecule has 1 aromatic heterocycles. The number of likely N-dealkylation sites (N-methyl/N-ethyl adjacent to an activating group) is 1. The molecule has 0 fully saturated rings. The number of anilines is 1. The summed E-state index contributed by atoms with van der Waals surface area (Å²) < 4.78 is 4.66. The molecular formula is C11H16N2O3S. The van der Waals surface area contributed by atoms with Crippen LogP contribution < -0.4 is 10.6 Å². The molecule has 0 bridgehead atoms. The van der Waals surface area contributed by atoms with E-state index in [4.69, 9.17) is 0 Å². The number of ether oxygens (including phenoxy) is 1. The maximum atomic E-state index is 11.6. The van der Waals surface area contributed by atoms with E-state index in [0.717, 1.165) is 12.1 Å². The van der Waals surface area contributed by atoms with Crippen molar-refractivity contribution in [2.45, 2.75) is 13.8 Å². The van der Waals surface area contributed by atoms with Crippen LogP contribution in [-0.2, 0) is 9.53 Å². The van der Waals surface area contributed by atoms with Gasteiger partial charge in [-0.15, -0.1) is 11.3 Å². The maximum Gasteiger partial charge on any atom is 0.350 e. The Balaban J connectivity index is 2.79. The van der Waals surface area contributed by atoms with Crippen molar-refractivity contribution in [3.63, 3.8) is 0 Å². The lowest BCUT2D eigenvalue weighted by molar-refractivity contribution is -0.115. The first-order valence-corrected chi connectivity index (χ1v) is 6.15. The van der Waals surface area contributed by atoms with Crippen molar-refractivity contribution >= 4 is 28.9 Å². The van der Waals surface area contributed by atoms with Crippen molar-refractivity contribution in [3.05, 3.63) is 15.8 Å². The van der Waals surface area contributed by atoms with E-state index in [1.54, 1.807) is 0 Å². The van der Waals surface area contributed by atoms with E-state index in [9.17, 15) is 9.59 Å². The van der Waals surface area contributed by atoms with Gasteiger partial charge in [-0.2, -0.15) is 0 Å². The highest BCUT2D eigenvalue weighted by molar-refractivity contribution is 7.12. The molecule has 17 heavy (non-hydrogen) atoms. The summed E-state index contributed by atoms with van der Waals surface area (Å²) in [4.78, 5) is 23.5. The second-order valence-corrected chi connectivity index (χ2v) is 4.32. The van der Waals surface area contributed by atoms with Gasteiger partial charge in [-0.1, -0.05) is 6.92 Å². The summed E-state index contributed by atoms with van der Waals surface area (Å²) in [7, 11) is 1.32. The number of esters is 1. The van der Waals surface area contributed by atoms with E-state index < -0.39 is 5.97 Å². The smallest absolute Gasteiger partial charge is 0.350 e. The Morgan fingerprint density at radius 2 is 2.18 bits per heavy atom. The summed E-state index contributed by atoms with van der Waals surface area (Å²) in [6.45, 7) is 4.71. The standard InChI is InChI=1S/C11H16N2O3S/c1-4-12-5-8(14)13-9-7(2)6-17-10(9)11(15)16-3/h6,12H,4-5H2,1-3H3,(H,13,14). The highest BCUT2D eigenvalue weighted by atomic mass is 32.1. The number of methoxy groups -OCH3 is 1. The minimum atomic E-state index is -0.429. The molecule has 0 unspecified atom stereocenters. The van der Waals surface area contributed by atoms with E-state index in [1.807, 2.05) is 19.2 Å². The minimum absolute atomic E-state index is 0.168. The van der Waals surface area contributed by atoms with Gasteiger partial charge in [-0.05, 0) is 24.4 Å². The fourth-order valence-electron chi connectivity index (χ4n) is 1.26. The molecular weight excluding hydrogens is 240 g/mol. The molecule has 1 aromatic rings. The van der Waals surface area contributed by atoms with E-state index in [0.29, 0.717) is 10.6 Å². The Bertz CT molecular complexity index is 415. The average Bonchev–Trinajstić information content (AvgIpc) is 2.67. The topological polar surface area (TPSA) is 67.4 Å². The lowest BCUT2D eigenvalue weighted by Crippen LogP contribution is -2.28. The van der Waals surface area contributed by atoms with Crippen LogP contribution in [0.3, 0.4) is 0 Å². The number of carbonyl (C=O) groups is 2. The molecule has 0 aliphatic rings. The molecule has 2 N–H and O–H groups in total. The number of hydrogen-bond acceptors (Lipinski definition) is 5. The number of aryl methyl sites for hydroxylation is 1. The van der Waals surface area contributed by atoms with E-state index in [-0.39, 0.29) is 12.5 Å². The largest absolute Gasteiger partial charge is 0.465 e. The van der Waals surface area contributed by atoms with Gasteiger partial charge in [0.25, 0.3) is 0 Å². The van der Waals surface area contributed by atoms with Crippen LogP contribution in [0.15, 0.2) is 5.38 Å². The van der Waals surface area contributed by atoms with E-state index in [2.05, 4.69) is 15.4 Å². The van der Waals surface area contributed by atoms with Crippen molar-refractivity contribution in [2.24, 2.45) is 0 Å². The number of hydrogen-bond donors (Lipinski definition) is 2. The van der Waals surface area contributed by atoms with Crippen molar-refractivity contribution in [1.29, 1.82) is 0 Å². The van der Waals surface area contributed by atoms with E-state index in [1.165, 1.54) is 18.4 Å². The first kappa shape index (κ1) is 13.7. The second-order valence-electron chi connectivity index (χ2n) is 3.44. The zero-order valence-electron chi connectivity index (χ0n) is 10.1. The predicted molar refractivity (Wildman–Crippen MR) is 67.6 cm³/mol. The SMILES string of the molecule is CCNCC(=O)Nc1c(C)csc1C(=O)OC. The molecule has 0 aliphatic carbocycles. The quantitative estimate of drug-likeness (QED) is 0.781. The zero-order valence-corrected chi connectivity index (χ0v) is 10.9. The molecule has 0 spiro atoms. The lowest BCUT2D eigenvalue weighted by Gasteiger charge is -2.07. The summed E-state index contributed by atoms with van der Waals surface area (Å²) in [5.41, 5.74) is 1.41. The van der Waals surface area contributed by atoms with Crippen molar-refractivity contribution in [1.82, 2.24) is 5.32 Å². The summed E-state index contributed by atoms with van der Waals surface area (Å²) in [6, 6.07) is 0. The summed E-state index contributed by atoms with van der Waals surface area (Å²) in [5, 5.41) is 7.45. The van der Waals surface area contributed by atoms with Crippen LogP contribution in [0.2, 0.25) is 0 Å². The van der Waals surface area contributed by atoms with Crippen molar-refractivity contribution < 1.29 is 14.3 Å². The molecule has 0 atom stereocenters. The van der Waals surface area contributed by atoms with Gasteiger partial charge in [0, 0.05) is 0 Å². The average molecular weight is 256 g/mol. The van der Waals surface area contributed by atoms with Crippen LogP contribution >= 0.6 is 11.3 Å². The van der Waals surface area contributed by atoms with Crippen LogP contribution in [0.4, 0.5) is 5.69 Å². The molecule has 1 amide bonds. The summed E-state index contributed by atoms with van der Waals surface area (Å²) in [6.07, 6.45) is 0. The van der Waals surface area contributed by atoms with Gasteiger partial charge in [-0.3, -0.25) is 4.79 Å². The molecule has 1 rings (SSSR count). The van der Waals surface area contributed by atoms with Crippen LogP contribution in [0.5, 0.6) is 0 Å². The molecule has 0 radical (unpaired) electrons. The van der Waals surface area contributed by atoms with Gasteiger partial charge in [-0.25, -0.2) is 4.79 Å². The first-order chi connectivity index (χ1) is 8.10. The molecule has 6 heteroatoms. The van der Waals surface area contributed by atoms with Gasteiger partial charge in [0.2, 0.25) is 5.91 Å². The minimum Gasteiger partial charge on any atom is -0.465 e. The Hall–Kier alpha value is -1.40. The lowest BCUT2D eigenvalue weighted by atomic mass is 10.2. The van der Waals surface area contributed by atoms with Crippen LogP contribution in [0, 0.1) is 6.92 Å². The molecule has 1 heterocycles. The highest BCUT2D eigenvalue weighted by Gasteiger charge is 2.18. The molecule has 0 saturated carbocycles. The molecule has 0 aromatic carbocycles. The van der Waals surface area contributed by atoms with Gasteiger partial charge < -0.3 is 15.4 Å². The van der Waals surface area contributed by atoms with Crippen LogP contribution in [-0.4, -0.2) is 32.1 Å². The Labute approximate surface area is 104 Å². The Kier molecular flexibility index (Phi) is 5.11. The van der Waals surface area contributed by atoms with Crippen LogP contribution in [0.25, 0.3) is 0 Å². The third kappa shape index (κ3) is 3.54. The fraction of sp³-hybridized carbons (Fsp3) is 0.455. The van der Waals surface area contributed by atoms with E-state index >= 15 is 0 Å². The number of nitrogens with one attached hydrogen (secondary N) is 2. The molecule has 0 aliphatic heterocycles. The highest BCUT2D eigenvalue weighted by Crippen LogP contribution is 2.28. The van der Waals surface area contributed by atoms with Gasteiger partial charge >= 0.3 is 5.97 Å². The monoisotopic (exact) mass is 256 g/mol. The number of rotatable bonds is 5. The number of amides is 1. The number of thiophene rings is 1. The zero-order chi connectivity index (χ0) is 12.8. The Morgan fingerprint density at radius 1 is 1.47 bits per heavy atom. The molecule has 5 nitrogen and oxygen atoms in total. The Morgan fingerprint density at radius 3 is 2.76 bits per heavy atom. The molecule has 0 saturated heterocycles. The third-order valence-corrected chi connectivity index (χ3v) is 3.22. The van der Waals surface area contributed by atoms with Crippen molar-refractivity contribution in [3.8, 4) is 0 Å².